The van der Waals surface area contributed by atoms with Gasteiger partial charge in [-0.3, -0.25) is 4.79 Å². The Morgan fingerprint density at radius 3 is 2.37 bits per heavy atom. The lowest BCUT2D eigenvalue weighted by Gasteiger charge is -2.55. The Kier molecular flexibility index (Phi) is 9.85. The maximum atomic E-state index is 13.8. The van der Waals surface area contributed by atoms with Crippen molar-refractivity contribution in [3.8, 4) is 17.1 Å². The van der Waals surface area contributed by atoms with Crippen LogP contribution < -0.4 is 9.46 Å². The van der Waals surface area contributed by atoms with Crippen LogP contribution in [0.3, 0.4) is 0 Å². The number of hydrogen-bond donors (Lipinski definition) is 1. The SMILES string of the molecule is Cc1cccc(C)c1-c1cc2nc(n1)NS(=O)(=O)c1cccc(c1)C(C1CC3(CCN(C(=O)COC(C)(C)C)CC3)C1)[C@H](CC(C)C)CO2. The third-order valence-electron chi connectivity index (χ3n) is 10.6. The first-order valence-electron chi connectivity index (χ1n) is 17.7. The third kappa shape index (κ3) is 7.96. The number of piperidine rings is 1. The van der Waals surface area contributed by atoms with Gasteiger partial charge in [-0.2, -0.15) is 4.98 Å². The number of aryl methyl sites for hydroxylation is 2. The molecule has 4 bridgehead atoms. The van der Waals surface area contributed by atoms with Gasteiger partial charge in [0.15, 0.2) is 0 Å². The highest BCUT2D eigenvalue weighted by Gasteiger charge is 2.50. The number of ether oxygens (including phenoxy) is 2. The van der Waals surface area contributed by atoms with Crippen molar-refractivity contribution in [2.45, 2.75) is 97.0 Å². The maximum absolute atomic E-state index is 13.8. The summed E-state index contributed by atoms with van der Waals surface area (Å²) in [7, 11) is -3.98. The number of nitrogens with one attached hydrogen (secondary N) is 1. The highest BCUT2D eigenvalue weighted by Crippen LogP contribution is 2.59. The number of nitrogens with zero attached hydrogens (tertiary/aromatic N) is 3. The molecule has 10 heteroatoms. The van der Waals surface area contributed by atoms with E-state index < -0.39 is 10.0 Å². The second-order valence-corrected chi connectivity index (χ2v) is 17.7. The van der Waals surface area contributed by atoms with E-state index in [1.54, 1.807) is 6.07 Å². The lowest BCUT2D eigenvalue weighted by atomic mass is 9.52. The topological polar surface area (TPSA) is 111 Å². The number of sulfonamides is 1. The van der Waals surface area contributed by atoms with E-state index in [-0.39, 0.29) is 46.2 Å². The first kappa shape index (κ1) is 35.3. The molecular weight excluding hydrogens is 637 g/mol. The second kappa shape index (κ2) is 13.7. The number of fused-ring (bicyclic) bond motifs is 4. The molecule has 3 aromatic rings. The fourth-order valence-corrected chi connectivity index (χ4v) is 9.32. The summed E-state index contributed by atoms with van der Waals surface area (Å²) < 4.78 is 42.7. The number of carbonyl (C=O) groups excluding carboxylic acids is 1. The van der Waals surface area contributed by atoms with Gasteiger partial charge in [-0.25, -0.2) is 18.1 Å². The van der Waals surface area contributed by atoms with Gasteiger partial charge in [0.25, 0.3) is 10.0 Å². The molecule has 1 amide bonds. The van der Waals surface area contributed by atoms with Gasteiger partial charge in [0.2, 0.25) is 17.7 Å². The van der Waals surface area contributed by atoms with Gasteiger partial charge in [0.1, 0.15) is 6.61 Å². The quantitative estimate of drug-likeness (QED) is 0.285. The lowest BCUT2D eigenvalue weighted by molar-refractivity contribution is -0.145. The molecule has 6 rings (SSSR count). The van der Waals surface area contributed by atoms with Crippen molar-refractivity contribution in [2.24, 2.45) is 23.2 Å². The van der Waals surface area contributed by atoms with Crippen LogP contribution in [-0.4, -0.2) is 61.1 Å². The van der Waals surface area contributed by atoms with Crippen molar-refractivity contribution in [2.75, 3.05) is 31.0 Å². The van der Waals surface area contributed by atoms with Gasteiger partial charge < -0.3 is 14.4 Å². The zero-order valence-corrected chi connectivity index (χ0v) is 30.9. The highest BCUT2D eigenvalue weighted by atomic mass is 32.2. The minimum atomic E-state index is -3.98. The molecule has 1 spiro atoms. The molecule has 1 saturated carbocycles. The van der Waals surface area contributed by atoms with E-state index in [2.05, 4.69) is 34.6 Å². The summed E-state index contributed by atoms with van der Waals surface area (Å²) >= 11 is 0. The number of likely N-dealkylation sites (tertiary alicyclic amines) is 1. The molecule has 2 fully saturated rings. The monoisotopic (exact) mass is 688 g/mol. The smallest absolute Gasteiger partial charge is 0.264 e. The number of amides is 1. The van der Waals surface area contributed by atoms with Crippen molar-refractivity contribution in [1.82, 2.24) is 14.9 Å². The molecule has 49 heavy (non-hydrogen) atoms. The van der Waals surface area contributed by atoms with E-state index in [4.69, 9.17) is 9.47 Å². The van der Waals surface area contributed by atoms with Crippen LogP contribution in [0.1, 0.15) is 89.3 Å². The summed E-state index contributed by atoms with van der Waals surface area (Å²) in [5, 5.41) is 0. The Hall–Kier alpha value is -3.50. The van der Waals surface area contributed by atoms with E-state index >= 15 is 0 Å². The van der Waals surface area contributed by atoms with Gasteiger partial charge in [-0.05, 0) is 119 Å². The van der Waals surface area contributed by atoms with Crippen LogP contribution in [0.4, 0.5) is 5.95 Å². The van der Waals surface area contributed by atoms with E-state index in [0.717, 1.165) is 67.4 Å². The molecule has 1 aromatic heterocycles. The average molecular weight is 689 g/mol. The predicted octanol–water partition coefficient (Wildman–Crippen LogP) is 7.53. The summed E-state index contributed by atoms with van der Waals surface area (Å²) in [5.74, 6) is 1.47. The van der Waals surface area contributed by atoms with Crippen molar-refractivity contribution >= 4 is 21.9 Å². The Labute approximate surface area is 292 Å². The van der Waals surface area contributed by atoms with Gasteiger partial charge >= 0.3 is 0 Å². The normalized spacial score (nSPS) is 22.0. The van der Waals surface area contributed by atoms with E-state index in [9.17, 15) is 13.2 Å². The van der Waals surface area contributed by atoms with Gasteiger partial charge in [0.05, 0.1) is 22.8 Å². The molecule has 264 valence electrons. The van der Waals surface area contributed by atoms with E-state index in [0.29, 0.717) is 30.0 Å². The zero-order valence-electron chi connectivity index (χ0n) is 30.1. The molecule has 2 aromatic carbocycles. The van der Waals surface area contributed by atoms with Crippen LogP contribution in [0, 0.1) is 37.0 Å². The summed E-state index contributed by atoms with van der Waals surface area (Å²) in [5.41, 5.74) is 4.53. The standard InChI is InChI=1S/C39H52N4O5S/c1-25(2)18-29-23-47-33-20-32(35-26(3)10-8-11-27(35)4)40-37(41-33)42-49(45,46)31-13-9-12-28(19-31)36(29)30-21-39(22-30)14-16-43(17-15-39)34(44)24-48-38(5,6)7/h8-13,19-20,25,29-30,36H,14-18,21-24H2,1-7H3,(H,40,41,42)/t29-,36?/m1/s1. The Morgan fingerprint density at radius 2 is 1.71 bits per heavy atom. The molecule has 9 nitrogen and oxygen atoms in total. The second-order valence-electron chi connectivity index (χ2n) is 16.0. The van der Waals surface area contributed by atoms with E-state index in [1.165, 1.54) is 0 Å². The maximum Gasteiger partial charge on any atom is 0.264 e. The summed E-state index contributed by atoms with van der Waals surface area (Å²) in [4.78, 5) is 24.3. The summed E-state index contributed by atoms with van der Waals surface area (Å²) in [6, 6.07) is 15.3. The van der Waals surface area contributed by atoms with Crippen LogP contribution in [0.25, 0.3) is 11.3 Å². The summed E-state index contributed by atoms with van der Waals surface area (Å²) in [6.45, 7) is 16.5. The summed E-state index contributed by atoms with van der Waals surface area (Å²) in [6.07, 6.45) is 4.99. The Bertz CT molecular complexity index is 1760. The van der Waals surface area contributed by atoms with Crippen LogP contribution in [-0.2, 0) is 19.6 Å². The lowest BCUT2D eigenvalue weighted by Crippen LogP contribution is -2.51. The zero-order chi connectivity index (χ0) is 35.1. The van der Waals surface area contributed by atoms with Crippen molar-refractivity contribution < 1.29 is 22.7 Å². The fourth-order valence-electron chi connectivity index (χ4n) is 8.32. The molecule has 1 unspecified atom stereocenters. The van der Waals surface area contributed by atoms with Gasteiger partial charge in [-0.15, -0.1) is 0 Å². The van der Waals surface area contributed by atoms with Crippen LogP contribution >= 0.6 is 0 Å². The Morgan fingerprint density at radius 1 is 1.04 bits per heavy atom. The van der Waals surface area contributed by atoms with Crippen LogP contribution in [0.15, 0.2) is 53.4 Å². The number of hydrogen-bond acceptors (Lipinski definition) is 7. The molecule has 0 radical (unpaired) electrons. The van der Waals surface area contributed by atoms with Crippen molar-refractivity contribution in [1.29, 1.82) is 0 Å². The number of aromatic nitrogens is 2. The number of anilines is 1. The molecule has 3 aliphatic rings. The number of carbonyl (C=O) groups is 1. The molecule has 2 atom stereocenters. The Balaban J connectivity index is 1.29. The first-order chi connectivity index (χ1) is 23.1. The molecule has 1 saturated heterocycles. The minimum absolute atomic E-state index is 0.00573. The van der Waals surface area contributed by atoms with Crippen molar-refractivity contribution in [3.05, 3.63) is 65.2 Å². The van der Waals surface area contributed by atoms with Crippen molar-refractivity contribution in [3.63, 3.8) is 0 Å². The van der Waals surface area contributed by atoms with E-state index in [1.807, 2.05) is 75.9 Å². The molecule has 1 aliphatic carbocycles. The average Bonchev–Trinajstić information content (AvgIpc) is 3.01. The number of rotatable bonds is 6. The largest absolute Gasteiger partial charge is 0.477 e. The highest BCUT2D eigenvalue weighted by molar-refractivity contribution is 7.92. The molecule has 3 heterocycles. The predicted molar refractivity (Wildman–Crippen MR) is 192 cm³/mol. The molecule has 2 aliphatic heterocycles. The van der Waals surface area contributed by atoms with Gasteiger partial charge in [0, 0.05) is 30.6 Å². The number of benzene rings is 2. The fraction of sp³-hybridized carbons (Fsp3) is 0.564. The third-order valence-corrected chi connectivity index (χ3v) is 12.0. The molecular formula is C39H52N4O5S. The molecule has 1 N–H and O–H groups in total. The minimum Gasteiger partial charge on any atom is -0.477 e. The van der Waals surface area contributed by atoms with Crippen LogP contribution in [0.5, 0.6) is 5.88 Å². The van der Waals surface area contributed by atoms with Crippen LogP contribution in [0.2, 0.25) is 0 Å². The first-order valence-corrected chi connectivity index (χ1v) is 19.2. The van der Waals surface area contributed by atoms with Gasteiger partial charge in [-0.1, -0.05) is 44.2 Å².